The molecule has 2 rings (SSSR count). The van der Waals surface area contributed by atoms with Gasteiger partial charge in [-0.2, -0.15) is 0 Å². The lowest BCUT2D eigenvalue weighted by Gasteiger charge is -2.28. The molecule has 1 saturated heterocycles. The number of carboxylic acid groups (broad SMARTS) is 3. The van der Waals surface area contributed by atoms with E-state index in [1.165, 1.54) is 103 Å². The molecule has 0 aromatic heterocycles. The molecule has 1 saturated carbocycles. The summed E-state index contributed by atoms with van der Waals surface area (Å²) in [6.07, 6.45) is 26.8. The fourth-order valence-corrected chi connectivity index (χ4v) is 19.4. The highest BCUT2D eigenvalue weighted by molar-refractivity contribution is 8.92. The summed E-state index contributed by atoms with van der Waals surface area (Å²) in [5, 5.41) is 47.6. The minimum absolute atomic E-state index is 0.0225. The number of nitrogens with one attached hydrogen (secondary N) is 3. The van der Waals surface area contributed by atoms with E-state index < -0.39 is 34.6 Å². The zero-order valence-corrected chi connectivity index (χ0v) is 53.4. The average molecular weight is 1270 g/mol. The van der Waals surface area contributed by atoms with Crippen molar-refractivity contribution in [3.8, 4) is 0 Å². The summed E-state index contributed by atoms with van der Waals surface area (Å²) in [7, 11) is 8.82. The molecule has 0 bridgehead atoms. The molecule has 2 unspecified atom stereocenters. The zero-order chi connectivity index (χ0) is 59.7. The minimum Gasteiger partial charge on any atom is -0.481 e. The molecule has 0 spiro atoms. The highest BCUT2D eigenvalue weighted by Gasteiger charge is 2.31. The number of amides is 2. The summed E-state index contributed by atoms with van der Waals surface area (Å²) >= 11 is 0. The molecule has 474 valence electrons. The number of ketones is 3. The van der Waals surface area contributed by atoms with Gasteiger partial charge in [-0.3, -0.25) is 43.7 Å². The second-order valence-corrected chi connectivity index (χ2v) is 29.5. The monoisotopic (exact) mass is 1270 g/mol. The molecule has 82 heavy (non-hydrogen) atoms. The molecule has 0 aromatic carbocycles. The predicted octanol–water partition coefficient (Wildman–Crippen LogP) is 11.2. The Kier molecular flexibility index (Phi) is 48.7. The van der Waals surface area contributed by atoms with Crippen LogP contribution >= 0.6 is 64.8 Å². The van der Waals surface area contributed by atoms with Crippen LogP contribution in [0.3, 0.4) is 0 Å². The summed E-state index contributed by atoms with van der Waals surface area (Å²) in [6, 6.07) is -0.742. The molecule has 0 aromatic rings. The van der Waals surface area contributed by atoms with E-state index in [9.17, 15) is 53.7 Å². The average Bonchev–Trinajstić information content (AvgIpc) is 3.55. The second-order valence-electron chi connectivity index (χ2n) is 21.2. The highest BCUT2D eigenvalue weighted by atomic mass is 33.2. The normalized spacial score (nSPS) is 18.4. The molecule has 4 atom stereocenters. The molecule has 25 heteroatoms. The molecule has 2 aliphatic rings. The van der Waals surface area contributed by atoms with Gasteiger partial charge in [-0.1, -0.05) is 133 Å². The van der Waals surface area contributed by atoms with Gasteiger partial charge in [0.05, 0.1) is 44.0 Å². The molecule has 19 nitrogen and oxygen atoms in total. The minimum atomic E-state index is -1.08. The van der Waals surface area contributed by atoms with Crippen LogP contribution in [0.25, 0.3) is 0 Å². The number of unbranched alkanes of at least 4 members (excludes halogenated alkanes) is 16. The maximum absolute atomic E-state index is 13.1. The van der Waals surface area contributed by atoms with E-state index in [0.717, 1.165) is 56.5 Å². The van der Waals surface area contributed by atoms with Crippen molar-refractivity contribution >= 4 is 112 Å². The van der Waals surface area contributed by atoms with Crippen molar-refractivity contribution in [1.29, 1.82) is 0 Å². The Bertz CT molecular complexity index is 1760. The Morgan fingerprint density at radius 1 is 0.476 bits per heavy atom. The highest BCUT2D eigenvalue weighted by Crippen LogP contribution is 2.49. The van der Waals surface area contributed by atoms with Gasteiger partial charge in [0.2, 0.25) is 11.8 Å². The van der Waals surface area contributed by atoms with Crippen molar-refractivity contribution in [2.24, 2.45) is 17.8 Å². The van der Waals surface area contributed by atoms with Crippen molar-refractivity contribution in [1.82, 2.24) is 16.0 Å². The van der Waals surface area contributed by atoms with Crippen molar-refractivity contribution in [2.45, 2.75) is 221 Å². The van der Waals surface area contributed by atoms with Crippen molar-refractivity contribution in [3.05, 3.63) is 0 Å². The van der Waals surface area contributed by atoms with Crippen molar-refractivity contribution in [2.75, 3.05) is 71.0 Å². The lowest BCUT2D eigenvalue weighted by molar-refractivity contribution is -0.145. The summed E-state index contributed by atoms with van der Waals surface area (Å²) in [4.78, 5) is 96.9. The van der Waals surface area contributed by atoms with E-state index >= 15 is 0 Å². The molecular weight excluding hydrogens is 1180 g/mol. The van der Waals surface area contributed by atoms with Crippen LogP contribution in [-0.4, -0.2) is 154 Å². The number of aliphatic hydroxyl groups is 1. The van der Waals surface area contributed by atoms with Crippen LogP contribution in [0.2, 0.25) is 0 Å². The standard InChI is InChI=1S/C57H99N3O16S6/c61-47(20-15-13-11-9-7-5-3-1-2-4-6-8-10-12-14-16-23-53(66)67)30-26-44-24-27-45(28-25-44)50(63)40-46(54(68)69)29-31-51(64)59-33-35-74-37-38-75-41-48(62)21-19-34-73-36-39-76-42-52(65)58-32-18-17-22-49(55(70)71)60-56-79-77-43-78-81-57(72)82-80-56/h44-46,49,56-57,60,72H,1-43H2,(H,58,65)(H,59,64)(H,66,67)(H,68,69)(H,70,71)/t44?,45?,46-,49+,56?,57?/m1/s1. The Morgan fingerprint density at radius 3 is 1.66 bits per heavy atom. The molecule has 2 amide bonds. The predicted molar refractivity (Wildman–Crippen MR) is 333 cm³/mol. The van der Waals surface area contributed by atoms with Gasteiger partial charge in [-0.25, -0.2) is 0 Å². The van der Waals surface area contributed by atoms with Crippen molar-refractivity contribution in [3.63, 3.8) is 0 Å². The molecular formula is C57H99N3O16S6. The number of aliphatic carboxylic acids is 3. The number of carbonyl (C=O) groups excluding carboxylic acids is 5. The lowest BCUT2D eigenvalue weighted by Crippen LogP contribution is -2.40. The molecule has 0 radical (unpaired) electrons. The Hall–Kier alpha value is -1.78. The van der Waals surface area contributed by atoms with Gasteiger partial charge in [0.1, 0.15) is 35.5 Å². The van der Waals surface area contributed by atoms with E-state index in [2.05, 4.69) is 16.0 Å². The summed E-state index contributed by atoms with van der Waals surface area (Å²) in [6.45, 7) is 1.84. The largest absolute Gasteiger partial charge is 0.481 e. The Labute approximate surface area is 512 Å². The number of hydrogen-bond donors (Lipinski definition) is 7. The van der Waals surface area contributed by atoms with Crippen LogP contribution in [0.4, 0.5) is 0 Å². The maximum atomic E-state index is 13.1. The maximum Gasteiger partial charge on any atom is 0.320 e. The second kappa shape index (κ2) is 52.4. The fourth-order valence-electron chi connectivity index (χ4n) is 9.52. The van der Waals surface area contributed by atoms with Crippen LogP contribution in [0.5, 0.6) is 0 Å². The Morgan fingerprint density at radius 2 is 1.04 bits per heavy atom. The number of carbonyl (C=O) groups is 8. The summed E-state index contributed by atoms with van der Waals surface area (Å²) in [5.74, 6) is -3.83. The first-order valence-corrected chi connectivity index (χ1v) is 37.2. The van der Waals surface area contributed by atoms with E-state index in [1.807, 2.05) is 0 Å². The van der Waals surface area contributed by atoms with Gasteiger partial charge >= 0.3 is 17.9 Å². The smallest absolute Gasteiger partial charge is 0.320 e. The first-order valence-electron chi connectivity index (χ1n) is 30.1. The lowest BCUT2D eigenvalue weighted by atomic mass is 9.76. The molecule has 1 heterocycles. The van der Waals surface area contributed by atoms with Gasteiger partial charge in [-0.15, -0.1) is 0 Å². The van der Waals surface area contributed by atoms with Crippen LogP contribution < -0.4 is 16.0 Å². The third-order valence-electron chi connectivity index (χ3n) is 14.3. The first kappa shape index (κ1) is 76.3. The van der Waals surface area contributed by atoms with Gasteiger partial charge < -0.3 is 50.0 Å². The molecule has 2 fully saturated rings. The zero-order valence-electron chi connectivity index (χ0n) is 48.5. The SMILES string of the molecule is O=C(O)CCCCCCCCCCCCCCCCCCC(=O)CCC1CCC(C(=O)C[C@@H](CCC(=O)NCCOCCOCC(=O)CCCOCCOCC(=O)NCCCC[C@H](NC2SSCSSC(O)SS2)C(=O)O)C(=O)O)CC1. The quantitative estimate of drug-likeness (QED) is 0.0220. The third-order valence-corrected chi connectivity index (χ3v) is 24.2. The van der Waals surface area contributed by atoms with Crippen LogP contribution in [0, 0.1) is 17.8 Å². The van der Waals surface area contributed by atoms with Gasteiger partial charge in [0, 0.05) is 64.1 Å². The van der Waals surface area contributed by atoms with Crippen LogP contribution in [-0.2, 0) is 57.3 Å². The van der Waals surface area contributed by atoms with Crippen molar-refractivity contribution < 1.29 is 77.7 Å². The number of aliphatic hydroxyl groups excluding tert-OH is 1. The first-order chi connectivity index (χ1) is 39.7. The topological polar surface area (TPSA) is 290 Å². The van der Waals surface area contributed by atoms with Gasteiger partial charge in [0.15, 0.2) is 10.6 Å². The summed E-state index contributed by atoms with van der Waals surface area (Å²) in [5.41, 5.74) is 0. The number of rotatable bonds is 54. The molecule has 1 aliphatic heterocycles. The van der Waals surface area contributed by atoms with E-state index in [0.29, 0.717) is 82.6 Å². The summed E-state index contributed by atoms with van der Waals surface area (Å²) < 4.78 is 20.9. The van der Waals surface area contributed by atoms with Crippen LogP contribution in [0.1, 0.15) is 205 Å². The number of hydrogen-bond acceptors (Lipinski definition) is 20. The van der Waals surface area contributed by atoms with Gasteiger partial charge in [-0.05, 0) is 105 Å². The number of ether oxygens (including phenoxy) is 4. The van der Waals surface area contributed by atoms with Crippen LogP contribution in [0.15, 0.2) is 0 Å². The Balaban J connectivity index is 1.36. The van der Waals surface area contributed by atoms with E-state index in [1.54, 1.807) is 32.4 Å². The van der Waals surface area contributed by atoms with Gasteiger partial charge in [0.25, 0.3) is 0 Å². The third kappa shape index (κ3) is 44.6. The van der Waals surface area contributed by atoms with E-state index in [-0.39, 0.29) is 112 Å². The number of Topliss-reactive ketones (excluding diaryl/α,β-unsaturated/α-hetero) is 3. The fraction of sp³-hybridized carbons (Fsp3) is 0.860. The molecule has 7 N–H and O–H groups in total. The molecule has 1 aliphatic carbocycles. The van der Waals surface area contributed by atoms with E-state index in [4.69, 9.17) is 24.1 Å². The number of carboxylic acids is 3.